The van der Waals surface area contributed by atoms with Gasteiger partial charge in [-0.15, -0.1) is 0 Å². The summed E-state index contributed by atoms with van der Waals surface area (Å²) in [7, 11) is 0. The van der Waals surface area contributed by atoms with E-state index in [1.165, 1.54) is 6.08 Å². The first-order valence-corrected chi connectivity index (χ1v) is 5.07. The van der Waals surface area contributed by atoms with Crippen molar-refractivity contribution in [3.05, 3.63) is 12.7 Å². The zero-order chi connectivity index (χ0) is 10.1. The first kappa shape index (κ1) is 12.2. The van der Waals surface area contributed by atoms with Crippen LogP contribution in [-0.4, -0.2) is 12.1 Å². The molecule has 0 aromatic carbocycles. The highest BCUT2D eigenvalue weighted by Gasteiger charge is 2.10. The van der Waals surface area contributed by atoms with Crippen molar-refractivity contribution in [3.8, 4) is 0 Å². The molecule has 0 spiro atoms. The molecule has 0 aromatic heterocycles. The van der Waals surface area contributed by atoms with E-state index in [2.05, 4.69) is 20.4 Å². The van der Waals surface area contributed by atoms with Crippen LogP contribution in [0, 0.1) is 0 Å². The number of ether oxygens (including phenoxy) is 1. The Hall–Kier alpha value is -0.790. The number of carbonyl (C=O) groups excluding carboxylic acids is 1. The van der Waals surface area contributed by atoms with E-state index < -0.39 is 0 Å². The highest BCUT2D eigenvalue weighted by molar-refractivity contribution is 5.81. The Kier molecular flexibility index (Phi) is 7.36. The van der Waals surface area contributed by atoms with E-state index in [9.17, 15) is 4.79 Å². The van der Waals surface area contributed by atoms with Crippen LogP contribution in [0.1, 0.15) is 46.0 Å². The van der Waals surface area contributed by atoms with Crippen LogP contribution in [0.25, 0.3) is 0 Å². The molecule has 0 amide bonds. The van der Waals surface area contributed by atoms with E-state index in [0.29, 0.717) is 0 Å². The molecule has 0 fully saturated rings. The molecule has 0 saturated carbocycles. The van der Waals surface area contributed by atoms with Crippen LogP contribution in [0.15, 0.2) is 12.7 Å². The summed E-state index contributed by atoms with van der Waals surface area (Å²) < 4.78 is 5.19. The van der Waals surface area contributed by atoms with Gasteiger partial charge in [0.1, 0.15) is 6.10 Å². The molecule has 0 aliphatic rings. The third-order valence-corrected chi connectivity index (χ3v) is 1.94. The monoisotopic (exact) mass is 184 g/mol. The van der Waals surface area contributed by atoms with Crippen molar-refractivity contribution in [1.29, 1.82) is 0 Å². The van der Waals surface area contributed by atoms with Gasteiger partial charge in [0.15, 0.2) is 0 Å². The molecular weight excluding hydrogens is 164 g/mol. The minimum absolute atomic E-state index is 0.0930. The summed E-state index contributed by atoms with van der Waals surface area (Å²) >= 11 is 0. The molecule has 13 heavy (non-hydrogen) atoms. The number of carbonyl (C=O) groups is 1. The molecule has 2 heteroatoms. The Labute approximate surface area is 81.0 Å². The topological polar surface area (TPSA) is 26.3 Å². The van der Waals surface area contributed by atoms with Crippen LogP contribution >= 0.6 is 0 Å². The first-order chi connectivity index (χ1) is 6.24. The summed E-state index contributed by atoms with van der Waals surface area (Å²) in [6, 6.07) is 0. The number of esters is 1. The van der Waals surface area contributed by atoms with Crippen molar-refractivity contribution in [2.24, 2.45) is 0 Å². The second kappa shape index (κ2) is 7.84. The van der Waals surface area contributed by atoms with Gasteiger partial charge in [-0.05, 0) is 12.8 Å². The summed E-state index contributed by atoms with van der Waals surface area (Å²) in [6.45, 7) is 7.61. The molecule has 0 N–H and O–H groups in total. The SMILES string of the molecule is C=CC(=O)O[C@@H](CCC)CCCC. The smallest absolute Gasteiger partial charge is 0.330 e. The second-order valence-corrected chi connectivity index (χ2v) is 3.19. The predicted octanol–water partition coefficient (Wildman–Crippen LogP) is 3.07. The van der Waals surface area contributed by atoms with Gasteiger partial charge in [-0.3, -0.25) is 0 Å². The molecule has 0 aliphatic heterocycles. The molecule has 0 aromatic rings. The molecule has 2 nitrogen and oxygen atoms in total. The lowest BCUT2D eigenvalue weighted by atomic mass is 10.1. The van der Waals surface area contributed by atoms with Crippen LogP contribution in [0.3, 0.4) is 0 Å². The maximum absolute atomic E-state index is 10.9. The Bertz CT molecular complexity index is 152. The van der Waals surface area contributed by atoms with Gasteiger partial charge in [0.05, 0.1) is 0 Å². The fourth-order valence-electron chi connectivity index (χ4n) is 1.23. The van der Waals surface area contributed by atoms with Crippen LogP contribution in [0.4, 0.5) is 0 Å². The minimum Gasteiger partial charge on any atom is -0.459 e. The zero-order valence-electron chi connectivity index (χ0n) is 8.71. The van der Waals surface area contributed by atoms with E-state index in [1.807, 2.05) is 0 Å². The highest BCUT2D eigenvalue weighted by Crippen LogP contribution is 2.11. The molecule has 0 radical (unpaired) electrons. The Morgan fingerprint density at radius 1 is 1.38 bits per heavy atom. The lowest BCUT2D eigenvalue weighted by Gasteiger charge is -2.15. The molecule has 0 saturated heterocycles. The van der Waals surface area contributed by atoms with Crippen molar-refractivity contribution in [3.63, 3.8) is 0 Å². The third kappa shape index (κ3) is 6.38. The molecule has 0 heterocycles. The molecule has 0 bridgehead atoms. The number of hydrogen-bond acceptors (Lipinski definition) is 2. The standard InChI is InChI=1S/C11H20O2/c1-4-7-9-10(8-5-2)13-11(12)6-3/h6,10H,3-5,7-9H2,1-2H3/t10-/m0/s1. The van der Waals surface area contributed by atoms with Crippen molar-refractivity contribution in [2.75, 3.05) is 0 Å². The van der Waals surface area contributed by atoms with Crippen molar-refractivity contribution in [1.82, 2.24) is 0 Å². The summed E-state index contributed by atoms with van der Waals surface area (Å²) in [5, 5.41) is 0. The molecule has 0 aliphatic carbocycles. The van der Waals surface area contributed by atoms with Crippen LogP contribution < -0.4 is 0 Å². The fraction of sp³-hybridized carbons (Fsp3) is 0.727. The van der Waals surface area contributed by atoms with E-state index >= 15 is 0 Å². The van der Waals surface area contributed by atoms with Gasteiger partial charge in [0.25, 0.3) is 0 Å². The van der Waals surface area contributed by atoms with Crippen LogP contribution in [0.2, 0.25) is 0 Å². The zero-order valence-corrected chi connectivity index (χ0v) is 8.71. The minimum atomic E-state index is -0.297. The molecule has 76 valence electrons. The number of unbranched alkanes of at least 4 members (excludes halogenated alkanes) is 1. The van der Waals surface area contributed by atoms with E-state index in [4.69, 9.17) is 4.74 Å². The third-order valence-electron chi connectivity index (χ3n) is 1.94. The molecule has 0 rings (SSSR count). The lowest BCUT2D eigenvalue weighted by Crippen LogP contribution is -2.16. The second-order valence-electron chi connectivity index (χ2n) is 3.19. The average molecular weight is 184 g/mol. The molecule has 1 atom stereocenters. The first-order valence-electron chi connectivity index (χ1n) is 5.07. The predicted molar refractivity (Wildman–Crippen MR) is 54.5 cm³/mol. The van der Waals surface area contributed by atoms with E-state index in [0.717, 1.165) is 32.1 Å². The fourth-order valence-corrected chi connectivity index (χ4v) is 1.23. The maximum Gasteiger partial charge on any atom is 0.330 e. The number of hydrogen-bond donors (Lipinski definition) is 0. The van der Waals surface area contributed by atoms with Gasteiger partial charge < -0.3 is 4.74 Å². The van der Waals surface area contributed by atoms with Crippen molar-refractivity contribution >= 4 is 5.97 Å². The van der Waals surface area contributed by atoms with Crippen LogP contribution in [0.5, 0.6) is 0 Å². The van der Waals surface area contributed by atoms with E-state index in [1.54, 1.807) is 0 Å². The van der Waals surface area contributed by atoms with Gasteiger partial charge in [-0.1, -0.05) is 39.7 Å². The summed E-state index contributed by atoms with van der Waals surface area (Å²) in [4.78, 5) is 10.9. The van der Waals surface area contributed by atoms with Crippen LogP contribution in [-0.2, 0) is 9.53 Å². The Morgan fingerprint density at radius 3 is 2.54 bits per heavy atom. The molecule has 0 unspecified atom stereocenters. The van der Waals surface area contributed by atoms with E-state index in [-0.39, 0.29) is 12.1 Å². The summed E-state index contributed by atoms with van der Waals surface area (Å²) in [5.74, 6) is -0.297. The van der Waals surface area contributed by atoms with Gasteiger partial charge in [0.2, 0.25) is 0 Å². The summed E-state index contributed by atoms with van der Waals surface area (Å²) in [5.41, 5.74) is 0. The average Bonchev–Trinajstić information content (AvgIpc) is 2.14. The Morgan fingerprint density at radius 2 is 2.08 bits per heavy atom. The van der Waals surface area contributed by atoms with Crippen molar-refractivity contribution in [2.45, 2.75) is 52.1 Å². The van der Waals surface area contributed by atoms with Gasteiger partial charge in [-0.2, -0.15) is 0 Å². The van der Waals surface area contributed by atoms with Gasteiger partial charge >= 0.3 is 5.97 Å². The van der Waals surface area contributed by atoms with Gasteiger partial charge in [0, 0.05) is 6.08 Å². The maximum atomic E-state index is 10.9. The quantitative estimate of drug-likeness (QED) is 0.449. The largest absolute Gasteiger partial charge is 0.459 e. The normalized spacial score (nSPS) is 12.2. The van der Waals surface area contributed by atoms with Gasteiger partial charge in [-0.25, -0.2) is 4.79 Å². The van der Waals surface area contributed by atoms with Crippen molar-refractivity contribution < 1.29 is 9.53 Å². The lowest BCUT2D eigenvalue weighted by molar-refractivity contribution is -0.143. The highest BCUT2D eigenvalue weighted by atomic mass is 16.5. The Balaban J connectivity index is 3.78. The number of rotatable bonds is 7. The summed E-state index contributed by atoms with van der Waals surface area (Å²) in [6.07, 6.45) is 6.58. The molecular formula is C11H20O2.